The number of hydrogen-bond donors (Lipinski definition) is 2. The maximum atomic E-state index is 12.5. The molecule has 2 aromatic carbocycles. The Morgan fingerprint density at radius 3 is 2.38 bits per heavy atom. The van der Waals surface area contributed by atoms with Gasteiger partial charge in [0.1, 0.15) is 5.75 Å². The standard InChI is InChI=1S/C18H21ClN2O4S/c1-12(2)11-20-18(22)13-4-9-16(19)17(10-13)21-26(23,24)15-7-5-14(25-3)6-8-15/h4-10,12,21H,11H2,1-3H3,(H,20,22). The fourth-order valence-corrected chi connectivity index (χ4v) is 3.39. The van der Waals surface area contributed by atoms with Gasteiger partial charge in [0.05, 0.1) is 22.7 Å². The molecule has 0 fully saturated rings. The number of hydrogen-bond acceptors (Lipinski definition) is 4. The van der Waals surface area contributed by atoms with Crippen LogP contribution in [0.25, 0.3) is 0 Å². The van der Waals surface area contributed by atoms with E-state index in [1.54, 1.807) is 18.2 Å². The second-order valence-corrected chi connectivity index (χ2v) is 8.17. The van der Waals surface area contributed by atoms with Gasteiger partial charge < -0.3 is 10.1 Å². The van der Waals surface area contributed by atoms with Gasteiger partial charge in [0.25, 0.3) is 15.9 Å². The van der Waals surface area contributed by atoms with Gasteiger partial charge in [-0.25, -0.2) is 8.42 Å². The van der Waals surface area contributed by atoms with E-state index in [-0.39, 0.29) is 21.5 Å². The molecule has 0 saturated carbocycles. The molecule has 0 heterocycles. The Morgan fingerprint density at radius 1 is 1.15 bits per heavy atom. The number of amides is 1. The Morgan fingerprint density at radius 2 is 1.81 bits per heavy atom. The first-order chi connectivity index (χ1) is 12.2. The third-order valence-corrected chi connectivity index (χ3v) is 5.22. The highest BCUT2D eigenvalue weighted by atomic mass is 35.5. The molecule has 0 spiro atoms. The van der Waals surface area contributed by atoms with Crippen molar-refractivity contribution in [3.05, 3.63) is 53.1 Å². The summed E-state index contributed by atoms with van der Waals surface area (Å²) < 4.78 is 32.5. The van der Waals surface area contributed by atoms with Gasteiger partial charge in [0.15, 0.2) is 0 Å². The van der Waals surface area contributed by atoms with Crippen LogP contribution in [-0.4, -0.2) is 28.0 Å². The van der Waals surface area contributed by atoms with Crippen molar-refractivity contribution in [2.45, 2.75) is 18.7 Å². The summed E-state index contributed by atoms with van der Waals surface area (Å²) in [6.45, 7) is 4.49. The minimum Gasteiger partial charge on any atom is -0.497 e. The molecule has 2 rings (SSSR count). The SMILES string of the molecule is COc1ccc(S(=O)(=O)Nc2cc(C(=O)NCC(C)C)ccc2Cl)cc1. The topological polar surface area (TPSA) is 84.5 Å². The van der Waals surface area contributed by atoms with Crippen LogP contribution < -0.4 is 14.8 Å². The Bertz CT molecular complexity index is 881. The third kappa shape index (κ3) is 5.12. The first-order valence-electron chi connectivity index (χ1n) is 7.97. The van der Waals surface area contributed by atoms with Gasteiger partial charge in [-0.15, -0.1) is 0 Å². The lowest BCUT2D eigenvalue weighted by molar-refractivity contribution is 0.0949. The van der Waals surface area contributed by atoms with Crippen molar-refractivity contribution in [3.8, 4) is 5.75 Å². The van der Waals surface area contributed by atoms with Crippen LogP contribution in [0, 0.1) is 5.92 Å². The highest BCUT2D eigenvalue weighted by molar-refractivity contribution is 7.92. The number of carbonyl (C=O) groups excluding carboxylic acids is 1. The summed E-state index contributed by atoms with van der Waals surface area (Å²) in [6, 6.07) is 10.4. The quantitative estimate of drug-likeness (QED) is 0.749. The van der Waals surface area contributed by atoms with E-state index in [1.165, 1.54) is 31.4 Å². The first kappa shape index (κ1) is 20.1. The zero-order valence-corrected chi connectivity index (χ0v) is 16.3. The molecule has 0 aliphatic carbocycles. The Balaban J connectivity index is 2.24. The van der Waals surface area contributed by atoms with E-state index in [0.717, 1.165) is 0 Å². The molecule has 1 amide bonds. The van der Waals surface area contributed by atoms with E-state index in [9.17, 15) is 13.2 Å². The number of rotatable bonds is 7. The van der Waals surface area contributed by atoms with Crippen LogP contribution in [0.3, 0.4) is 0 Å². The maximum Gasteiger partial charge on any atom is 0.261 e. The van der Waals surface area contributed by atoms with E-state index in [0.29, 0.717) is 23.8 Å². The number of sulfonamides is 1. The summed E-state index contributed by atoms with van der Waals surface area (Å²) in [5.41, 5.74) is 0.460. The van der Waals surface area contributed by atoms with Crippen LogP contribution in [0.5, 0.6) is 5.75 Å². The van der Waals surface area contributed by atoms with Crippen molar-refractivity contribution in [1.29, 1.82) is 0 Å². The van der Waals surface area contributed by atoms with Crippen LogP contribution in [-0.2, 0) is 10.0 Å². The summed E-state index contributed by atoms with van der Waals surface area (Å²) in [4.78, 5) is 12.2. The monoisotopic (exact) mass is 396 g/mol. The third-order valence-electron chi connectivity index (χ3n) is 3.51. The zero-order valence-electron chi connectivity index (χ0n) is 14.7. The minimum absolute atomic E-state index is 0.0593. The van der Waals surface area contributed by atoms with Crippen molar-refractivity contribution in [2.24, 2.45) is 5.92 Å². The number of carbonyl (C=O) groups is 1. The van der Waals surface area contributed by atoms with Gasteiger partial charge in [0.2, 0.25) is 0 Å². The normalized spacial score (nSPS) is 11.3. The fraction of sp³-hybridized carbons (Fsp3) is 0.278. The molecule has 0 bridgehead atoms. The molecule has 6 nitrogen and oxygen atoms in total. The Hall–Kier alpha value is -2.25. The van der Waals surface area contributed by atoms with E-state index in [4.69, 9.17) is 16.3 Å². The van der Waals surface area contributed by atoms with Gasteiger partial charge in [-0.3, -0.25) is 9.52 Å². The number of nitrogens with one attached hydrogen (secondary N) is 2. The molecule has 0 aliphatic rings. The number of ether oxygens (including phenoxy) is 1. The average Bonchev–Trinajstić information content (AvgIpc) is 2.61. The van der Waals surface area contributed by atoms with Gasteiger partial charge in [-0.1, -0.05) is 25.4 Å². The van der Waals surface area contributed by atoms with E-state index in [2.05, 4.69) is 10.0 Å². The van der Waals surface area contributed by atoms with Crippen LogP contribution in [0.2, 0.25) is 5.02 Å². The smallest absolute Gasteiger partial charge is 0.261 e. The van der Waals surface area contributed by atoms with Crippen LogP contribution >= 0.6 is 11.6 Å². The summed E-state index contributed by atoms with van der Waals surface area (Å²) >= 11 is 6.09. The molecule has 0 atom stereocenters. The molecule has 2 aromatic rings. The van der Waals surface area contributed by atoms with E-state index < -0.39 is 10.0 Å². The molecule has 0 unspecified atom stereocenters. The molecular weight excluding hydrogens is 376 g/mol. The fourth-order valence-electron chi connectivity index (χ4n) is 2.10. The van der Waals surface area contributed by atoms with Crippen LogP contribution in [0.1, 0.15) is 24.2 Å². The lowest BCUT2D eigenvalue weighted by Crippen LogP contribution is -2.27. The maximum absolute atomic E-state index is 12.5. The number of benzene rings is 2. The number of halogens is 1. The molecule has 0 saturated heterocycles. The highest BCUT2D eigenvalue weighted by Crippen LogP contribution is 2.26. The van der Waals surface area contributed by atoms with Gasteiger partial charge >= 0.3 is 0 Å². The molecule has 26 heavy (non-hydrogen) atoms. The van der Waals surface area contributed by atoms with Gasteiger partial charge in [0, 0.05) is 12.1 Å². The van der Waals surface area contributed by atoms with Crippen molar-refractivity contribution in [2.75, 3.05) is 18.4 Å². The molecule has 0 aromatic heterocycles. The Labute approximate surface area is 158 Å². The molecule has 0 radical (unpaired) electrons. The number of methoxy groups -OCH3 is 1. The van der Waals surface area contributed by atoms with Crippen molar-refractivity contribution < 1.29 is 17.9 Å². The van der Waals surface area contributed by atoms with Gasteiger partial charge in [-0.2, -0.15) is 0 Å². The predicted octanol–water partition coefficient (Wildman–Crippen LogP) is 3.54. The van der Waals surface area contributed by atoms with Crippen LogP contribution in [0.4, 0.5) is 5.69 Å². The lowest BCUT2D eigenvalue weighted by Gasteiger charge is -2.12. The number of anilines is 1. The first-order valence-corrected chi connectivity index (χ1v) is 9.83. The van der Waals surface area contributed by atoms with Crippen molar-refractivity contribution in [3.63, 3.8) is 0 Å². The predicted molar refractivity (Wildman–Crippen MR) is 102 cm³/mol. The lowest BCUT2D eigenvalue weighted by atomic mass is 10.1. The summed E-state index contributed by atoms with van der Waals surface area (Å²) in [5, 5.41) is 2.98. The van der Waals surface area contributed by atoms with Crippen molar-refractivity contribution in [1.82, 2.24) is 5.32 Å². The summed E-state index contributed by atoms with van der Waals surface area (Å²) in [6.07, 6.45) is 0. The zero-order chi connectivity index (χ0) is 19.3. The second-order valence-electron chi connectivity index (χ2n) is 6.08. The molecule has 2 N–H and O–H groups in total. The van der Waals surface area contributed by atoms with Crippen molar-refractivity contribution >= 4 is 33.2 Å². The van der Waals surface area contributed by atoms with E-state index >= 15 is 0 Å². The van der Waals surface area contributed by atoms with Gasteiger partial charge in [-0.05, 0) is 48.4 Å². The largest absolute Gasteiger partial charge is 0.497 e. The summed E-state index contributed by atoms with van der Waals surface area (Å²) in [5.74, 6) is 0.561. The second kappa shape index (κ2) is 8.42. The molecule has 140 valence electrons. The minimum atomic E-state index is -3.85. The molecule has 0 aliphatic heterocycles. The highest BCUT2D eigenvalue weighted by Gasteiger charge is 2.17. The Kier molecular flexibility index (Phi) is 6.50. The summed E-state index contributed by atoms with van der Waals surface area (Å²) in [7, 11) is -2.35. The average molecular weight is 397 g/mol. The van der Waals surface area contributed by atoms with E-state index in [1.807, 2.05) is 13.8 Å². The molecular formula is C18H21ClN2O4S. The van der Waals surface area contributed by atoms with Crippen LogP contribution in [0.15, 0.2) is 47.4 Å². The molecule has 8 heteroatoms.